The van der Waals surface area contributed by atoms with Crippen molar-refractivity contribution in [2.75, 3.05) is 0 Å². The van der Waals surface area contributed by atoms with Crippen LogP contribution in [0.4, 0.5) is 17.6 Å². The van der Waals surface area contributed by atoms with E-state index < -0.39 is 29.6 Å². The molecule has 0 heterocycles. The van der Waals surface area contributed by atoms with Crippen LogP contribution in [0.3, 0.4) is 0 Å². The van der Waals surface area contributed by atoms with Gasteiger partial charge in [-0.1, -0.05) is 24.3 Å². The van der Waals surface area contributed by atoms with Crippen LogP contribution in [0, 0.1) is 5.82 Å². The molecule has 2 rings (SSSR count). The van der Waals surface area contributed by atoms with E-state index in [4.69, 9.17) is 5.11 Å². The van der Waals surface area contributed by atoms with Gasteiger partial charge in [-0.2, -0.15) is 13.2 Å². The van der Waals surface area contributed by atoms with Gasteiger partial charge in [0.05, 0.1) is 5.56 Å². The molecule has 0 aliphatic carbocycles. The van der Waals surface area contributed by atoms with Crippen LogP contribution in [0.5, 0.6) is 0 Å². The van der Waals surface area contributed by atoms with E-state index in [1.54, 1.807) is 0 Å². The third-order valence-electron chi connectivity index (χ3n) is 3.05. The SMILES string of the molecule is O=C(O)C(O)c1cccc(F)c1-c1cccc(C(F)(F)F)c1. The zero-order valence-corrected chi connectivity index (χ0v) is 10.9. The van der Waals surface area contributed by atoms with Gasteiger partial charge in [0, 0.05) is 11.1 Å². The Hall–Kier alpha value is -2.41. The number of alkyl halides is 3. The van der Waals surface area contributed by atoms with Crippen molar-refractivity contribution in [1.82, 2.24) is 0 Å². The molecule has 0 aliphatic rings. The van der Waals surface area contributed by atoms with Gasteiger partial charge in [-0.25, -0.2) is 9.18 Å². The topological polar surface area (TPSA) is 57.5 Å². The Balaban J connectivity index is 2.65. The molecule has 0 amide bonds. The lowest BCUT2D eigenvalue weighted by molar-refractivity contribution is -0.147. The molecule has 0 saturated heterocycles. The number of carboxylic acid groups (broad SMARTS) is 1. The van der Waals surface area contributed by atoms with Gasteiger partial charge in [0.25, 0.3) is 0 Å². The predicted molar refractivity (Wildman–Crippen MR) is 69.4 cm³/mol. The van der Waals surface area contributed by atoms with Crippen LogP contribution in [0.25, 0.3) is 11.1 Å². The van der Waals surface area contributed by atoms with Crippen molar-refractivity contribution in [2.45, 2.75) is 12.3 Å². The van der Waals surface area contributed by atoms with E-state index in [1.165, 1.54) is 12.1 Å². The first-order valence-corrected chi connectivity index (χ1v) is 6.08. The third-order valence-corrected chi connectivity index (χ3v) is 3.05. The minimum absolute atomic E-state index is 0.164. The number of hydrogen-bond donors (Lipinski definition) is 2. The first-order valence-electron chi connectivity index (χ1n) is 6.08. The van der Waals surface area contributed by atoms with Crippen molar-refractivity contribution >= 4 is 5.97 Å². The maximum absolute atomic E-state index is 14.0. The summed E-state index contributed by atoms with van der Waals surface area (Å²) in [6.07, 6.45) is -6.66. The fourth-order valence-corrected chi connectivity index (χ4v) is 2.06. The largest absolute Gasteiger partial charge is 0.479 e. The molecular weight excluding hydrogens is 304 g/mol. The number of rotatable bonds is 3. The lowest BCUT2D eigenvalue weighted by atomic mass is 9.94. The molecule has 22 heavy (non-hydrogen) atoms. The molecular formula is C15H10F4O3. The number of benzene rings is 2. The molecule has 0 aliphatic heterocycles. The summed E-state index contributed by atoms with van der Waals surface area (Å²) in [4.78, 5) is 10.9. The number of aliphatic hydroxyl groups excluding tert-OH is 1. The van der Waals surface area contributed by atoms with Gasteiger partial charge in [-0.3, -0.25) is 0 Å². The van der Waals surface area contributed by atoms with Gasteiger partial charge < -0.3 is 10.2 Å². The lowest BCUT2D eigenvalue weighted by Crippen LogP contribution is -2.12. The van der Waals surface area contributed by atoms with Crippen LogP contribution in [-0.4, -0.2) is 16.2 Å². The van der Waals surface area contributed by atoms with Gasteiger partial charge >= 0.3 is 12.1 Å². The standard InChI is InChI=1S/C15H10F4O3/c16-11-6-2-5-10(13(20)14(21)22)12(11)8-3-1-4-9(7-8)15(17,18)19/h1-7,13,20H,(H,21,22). The molecule has 0 fully saturated rings. The van der Waals surface area contributed by atoms with Gasteiger partial charge in [-0.05, 0) is 23.8 Å². The van der Waals surface area contributed by atoms with Gasteiger partial charge in [0.1, 0.15) is 5.82 Å². The van der Waals surface area contributed by atoms with E-state index in [0.717, 1.165) is 24.3 Å². The average molecular weight is 314 g/mol. The van der Waals surface area contributed by atoms with Crippen molar-refractivity contribution in [2.24, 2.45) is 0 Å². The zero-order chi connectivity index (χ0) is 16.5. The Morgan fingerprint density at radius 2 is 1.73 bits per heavy atom. The second kappa shape index (κ2) is 5.76. The smallest absolute Gasteiger partial charge is 0.416 e. The first kappa shape index (κ1) is 16.0. The van der Waals surface area contributed by atoms with Crippen LogP contribution in [0.15, 0.2) is 42.5 Å². The number of hydrogen-bond acceptors (Lipinski definition) is 2. The molecule has 2 N–H and O–H groups in total. The van der Waals surface area contributed by atoms with Gasteiger partial charge in [0.2, 0.25) is 0 Å². The molecule has 2 aromatic rings. The number of aliphatic carboxylic acids is 1. The molecule has 1 unspecified atom stereocenters. The molecule has 2 aromatic carbocycles. The highest BCUT2D eigenvalue weighted by Crippen LogP contribution is 2.35. The Morgan fingerprint density at radius 1 is 1.09 bits per heavy atom. The first-order chi connectivity index (χ1) is 10.2. The van der Waals surface area contributed by atoms with E-state index in [1.807, 2.05) is 0 Å². The maximum Gasteiger partial charge on any atom is 0.416 e. The van der Waals surface area contributed by atoms with Crippen LogP contribution < -0.4 is 0 Å². The number of carboxylic acids is 1. The minimum atomic E-state index is -4.62. The molecule has 0 aromatic heterocycles. The summed E-state index contributed by atoms with van der Waals surface area (Å²) < 4.78 is 52.2. The van der Waals surface area contributed by atoms with E-state index in [-0.39, 0.29) is 16.7 Å². The normalized spacial score (nSPS) is 13.0. The molecule has 1 atom stereocenters. The fourth-order valence-electron chi connectivity index (χ4n) is 2.06. The summed E-state index contributed by atoms with van der Waals surface area (Å²) in [6.45, 7) is 0. The molecule has 0 spiro atoms. The number of carbonyl (C=O) groups is 1. The lowest BCUT2D eigenvalue weighted by Gasteiger charge is -2.15. The number of halogens is 4. The van der Waals surface area contributed by atoms with E-state index in [0.29, 0.717) is 6.07 Å². The van der Waals surface area contributed by atoms with E-state index in [9.17, 15) is 27.5 Å². The second-order valence-corrected chi connectivity index (χ2v) is 4.52. The summed E-state index contributed by atoms with van der Waals surface area (Å²) in [6, 6.07) is 7.13. The van der Waals surface area contributed by atoms with Crippen molar-refractivity contribution in [3.63, 3.8) is 0 Å². The molecule has 0 saturated carbocycles. The van der Waals surface area contributed by atoms with Gasteiger partial charge in [-0.15, -0.1) is 0 Å². The van der Waals surface area contributed by atoms with Crippen molar-refractivity contribution < 1.29 is 32.6 Å². The van der Waals surface area contributed by atoms with Crippen LogP contribution in [-0.2, 0) is 11.0 Å². The summed E-state index contributed by atoms with van der Waals surface area (Å²) in [7, 11) is 0. The third kappa shape index (κ3) is 3.09. The van der Waals surface area contributed by atoms with Crippen LogP contribution >= 0.6 is 0 Å². The van der Waals surface area contributed by atoms with Crippen molar-refractivity contribution in [3.05, 3.63) is 59.4 Å². The Labute approximate surface area is 122 Å². The summed E-state index contributed by atoms with van der Waals surface area (Å²) >= 11 is 0. The molecule has 0 radical (unpaired) electrons. The molecule has 0 bridgehead atoms. The Morgan fingerprint density at radius 3 is 2.32 bits per heavy atom. The predicted octanol–water partition coefficient (Wildman–Crippen LogP) is 3.63. The van der Waals surface area contributed by atoms with E-state index >= 15 is 0 Å². The van der Waals surface area contributed by atoms with Crippen molar-refractivity contribution in [1.29, 1.82) is 0 Å². The summed E-state index contributed by atoms with van der Waals surface area (Å²) in [5.41, 5.74) is -1.84. The Kier molecular flexibility index (Phi) is 4.18. The zero-order valence-electron chi connectivity index (χ0n) is 10.9. The highest BCUT2D eigenvalue weighted by Gasteiger charge is 2.31. The van der Waals surface area contributed by atoms with E-state index in [2.05, 4.69) is 0 Å². The monoisotopic (exact) mass is 314 g/mol. The van der Waals surface area contributed by atoms with Gasteiger partial charge in [0.15, 0.2) is 6.10 Å². The highest BCUT2D eigenvalue weighted by molar-refractivity contribution is 5.80. The van der Waals surface area contributed by atoms with Crippen LogP contribution in [0.1, 0.15) is 17.2 Å². The second-order valence-electron chi connectivity index (χ2n) is 4.52. The fraction of sp³-hybridized carbons (Fsp3) is 0.133. The van der Waals surface area contributed by atoms with Crippen molar-refractivity contribution in [3.8, 4) is 11.1 Å². The summed E-state index contributed by atoms with van der Waals surface area (Å²) in [5, 5.41) is 18.4. The molecule has 3 nitrogen and oxygen atoms in total. The highest BCUT2D eigenvalue weighted by atomic mass is 19.4. The Bertz CT molecular complexity index is 710. The number of aliphatic hydroxyl groups is 1. The quantitative estimate of drug-likeness (QED) is 0.851. The maximum atomic E-state index is 14.0. The minimum Gasteiger partial charge on any atom is -0.479 e. The molecule has 116 valence electrons. The van der Waals surface area contributed by atoms with Crippen LogP contribution in [0.2, 0.25) is 0 Å². The summed E-state index contributed by atoms with van der Waals surface area (Å²) in [5.74, 6) is -2.55. The molecule has 7 heteroatoms. The average Bonchev–Trinajstić information content (AvgIpc) is 2.45.